The molecule has 7 heteroatoms. The van der Waals surface area contributed by atoms with Crippen LogP contribution in [0.4, 0.5) is 15.3 Å². The zero-order valence-electron chi connectivity index (χ0n) is 19.5. The van der Waals surface area contributed by atoms with Gasteiger partial charge in [0.1, 0.15) is 0 Å². The molecule has 182 valence electrons. The fourth-order valence-corrected chi connectivity index (χ4v) is 4.72. The van der Waals surface area contributed by atoms with Gasteiger partial charge in [-0.25, -0.2) is 9.59 Å². The van der Waals surface area contributed by atoms with E-state index in [4.69, 9.17) is 11.6 Å². The SMILES string of the molecule is O=C(Nc1cccc(Cl)c1)NC(c1ccccc1)C(NC(=O)NC1CCCCC1)c1ccccc1. The van der Waals surface area contributed by atoms with Gasteiger partial charge in [-0.05, 0) is 42.2 Å². The number of anilines is 1. The van der Waals surface area contributed by atoms with Gasteiger partial charge in [-0.2, -0.15) is 0 Å². The van der Waals surface area contributed by atoms with Crippen LogP contribution in [0.25, 0.3) is 0 Å². The molecule has 4 N–H and O–H groups in total. The van der Waals surface area contributed by atoms with Gasteiger partial charge in [0, 0.05) is 16.8 Å². The van der Waals surface area contributed by atoms with Crippen LogP contribution < -0.4 is 21.3 Å². The van der Waals surface area contributed by atoms with Crippen molar-refractivity contribution in [2.45, 2.75) is 50.2 Å². The Hall–Kier alpha value is -3.51. The number of hydrogen-bond donors (Lipinski definition) is 4. The van der Waals surface area contributed by atoms with Crippen LogP contribution in [-0.2, 0) is 0 Å². The zero-order chi connectivity index (χ0) is 24.5. The Balaban J connectivity index is 1.58. The number of amides is 4. The van der Waals surface area contributed by atoms with Crippen molar-refractivity contribution < 1.29 is 9.59 Å². The molecular weight excluding hydrogens is 460 g/mol. The second kappa shape index (κ2) is 12.3. The van der Waals surface area contributed by atoms with Crippen LogP contribution in [0.15, 0.2) is 84.9 Å². The summed E-state index contributed by atoms with van der Waals surface area (Å²) in [5, 5.41) is 12.7. The Bertz CT molecular complexity index is 1100. The number of urea groups is 2. The number of benzene rings is 3. The average molecular weight is 491 g/mol. The van der Waals surface area contributed by atoms with Crippen molar-refractivity contribution in [3.8, 4) is 0 Å². The lowest BCUT2D eigenvalue weighted by atomic mass is 9.93. The molecule has 0 bridgehead atoms. The molecule has 3 aromatic carbocycles. The van der Waals surface area contributed by atoms with Crippen molar-refractivity contribution in [3.05, 3.63) is 101 Å². The van der Waals surface area contributed by atoms with Crippen molar-refractivity contribution in [1.29, 1.82) is 0 Å². The van der Waals surface area contributed by atoms with E-state index in [0.717, 1.165) is 36.8 Å². The molecule has 1 aliphatic carbocycles. The second-order valence-corrected chi connectivity index (χ2v) is 9.27. The smallest absolute Gasteiger partial charge is 0.319 e. The summed E-state index contributed by atoms with van der Waals surface area (Å²) in [6.07, 6.45) is 5.46. The quantitative estimate of drug-likeness (QED) is 0.302. The Kier molecular flexibility index (Phi) is 8.63. The van der Waals surface area contributed by atoms with Gasteiger partial charge in [-0.1, -0.05) is 97.6 Å². The van der Waals surface area contributed by atoms with Gasteiger partial charge in [0.05, 0.1) is 12.1 Å². The largest absolute Gasteiger partial charge is 0.335 e. The van der Waals surface area contributed by atoms with Gasteiger partial charge in [-0.15, -0.1) is 0 Å². The molecular formula is C28H31ClN4O2. The summed E-state index contributed by atoms with van der Waals surface area (Å²) in [4.78, 5) is 26.1. The van der Waals surface area contributed by atoms with E-state index in [9.17, 15) is 9.59 Å². The average Bonchev–Trinajstić information content (AvgIpc) is 2.88. The number of hydrogen-bond acceptors (Lipinski definition) is 2. The molecule has 3 aromatic rings. The summed E-state index contributed by atoms with van der Waals surface area (Å²) in [5.41, 5.74) is 2.35. The Morgan fingerprint density at radius 3 is 1.86 bits per heavy atom. The predicted molar refractivity (Wildman–Crippen MR) is 141 cm³/mol. The maximum Gasteiger partial charge on any atom is 0.319 e. The highest BCUT2D eigenvalue weighted by Gasteiger charge is 2.29. The highest BCUT2D eigenvalue weighted by atomic mass is 35.5. The van der Waals surface area contributed by atoms with Gasteiger partial charge < -0.3 is 21.3 Å². The topological polar surface area (TPSA) is 82.3 Å². The highest BCUT2D eigenvalue weighted by molar-refractivity contribution is 6.30. The maximum absolute atomic E-state index is 13.1. The van der Waals surface area contributed by atoms with E-state index >= 15 is 0 Å². The third-order valence-corrected chi connectivity index (χ3v) is 6.48. The molecule has 2 unspecified atom stereocenters. The minimum absolute atomic E-state index is 0.175. The van der Waals surface area contributed by atoms with Crippen molar-refractivity contribution in [1.82, 2.24) is 16.0 Å². The van der Waals surface area contributed by atoms with Crippen LogP contribution in [0.2, 0.25) is 5.02 Å². The van der Waals surface area contributed by atoms with Crippen LogP contribution in [0, 0.1) is 0 Å². The third kappa shape index (κ3) is 7.23. The van der Waals surface area contributed by atoms with Crippen LogP contribution >= 0.6 is 11.6 Å². The Morgan fingerprint density at radius 2 is 1.29 bits per heavy atom. The fraction of sp³-hybridized carbons (Fsp3) is 0.286. The Labute approximate surface area is 211 Å². The number of nitrogens with one attached hydrogen (secondary N) is 4. The lowest BCUT2D eigenvalue weighted by Gasteiger charge is -2.31. The van der Waals surface area contributed by atoms with E-state index in [1.165, 1.54) is 6.42 Å². The molecule has 1 saturated carbocycles. The Morgan fingerprint density at radius 1 is 0.714 bits per heavy atom. The minimum atomic E-state index is -0.519. The van der Waals surface area contributed by atoms with Gasteiger partial charge in [0.2, 0.25) is 0 Å². The standard InChI is InChI=1S/C28H31ClN4O2/c29-22-15-10-18-24(19-22)31-28(35)33-26(21-13-6-2-7-14-21)25(20-11-4-1-5-12-20)32-27(34)30-23-16-8-3-9-17-23/h1-2,4-7,10-15,18-19,23,25-26H,3,8-9,16-17H2,(H2,30,32,34)(H2,31,33,35). The van der Waals surface area contributed by atoms with Gasteiger partial charge in [0.15, 0.2) is 0 Å². The van der Waals surface area contributed by atoms with E-state index in [0.29, 0.717) is 10.7 Å². The van der Waals surface area contributed by atoms with E-state index in [1.807, 2.05) is 60.7 Å². The molecule has 4 rings (SSSR count). The zero-order valence-corrected chi connectivity index (χ0v) is 20.3. The summed E-state index contributed by atoms with van der Waals surface area (Å²) < 4.78 is 0. The van der Waals surface area contributed by atoms with Crippen molar-refractivity contribution in [3.63, 3.8) is 0 Å². The minimum Gasteiger partial charge on any atom is -0.335 e. The molecule has 1 fully saturated rings. The summed E-state index contributed by atoms with van der Waals surface area (Å²) in [6, 6.07) is 24.9. The molecule has 6 nitrogen and oxygen atoms in total. The first-order chi connectivity index (χ1) is 17.1. The predicted octanol–water partition coefficient (Wildman–Crippen LogP) is 6.58. The number of carbonyl (C=O) groups excluding carboxylic acids is 2. The first kappa shape index (κ1) is 24.6. The molecule has 0 aliphatic heterocycles. The molecule has 2 atom stereocenters. The first-order valence-corrected chi connectivity index (χ1v) is 12.5. The molecule has 4 amide bonds. The molecule has 1 aliphatic rings. The van der Waals surface area contributed by atoms with Crippen molar-refractivity contribution in [2.24, 2.45) is 0 Å². The molecule has 0 spiro atoms. The molecule has 35 heavy (non-hydrogen) atoms. The van der Waals surface area contributed by atoms with Crippen LogP contribution in [0.5, 0.6) is 0 Å². The maximum atomic E-state index is 13.1. The van der Waals surface area contributed by atoms with E-state index in [1.54, 1.807) is 24.3 Å². The monoisotopic (exact) mass is 490 g/mol. The third-order valence-electron chi connectivity index (χ3n) is 6.25. The van der Waals surface area contributed by atoms with Crippen LogP contribution in [0.1, 0.15) is 55.3 Å². The molecule has 0 heterocycles. The number of carbonyl (C=O) groups is 2. The normalized spacial score (nSPS) is 15.5. The number of rotatable bonds is 7. The summed E-state index contributed by atoms with van der Waals surface area (Å²) in [6.45, 7) is 0. The van der Waals surface area contributed by atoms with Crippen molar-refractivity contribution >= 4 is 29.4 Å². The molecule has 0 aromatic heterocycles. The summed E-state index contributed by atoms with van der Waals surface area (Å²) in [7, 11) is 0. The first-order valence-electron chi connectivity index (χ1n) is 12.1. The molecule has 0 radical (unpaired) electrons. The van der Waals surface area contributed by atoms with Crippen LogP contribution in [-0.4, -0.2) is 18.1 Å². The lowest BCUT2D eigenvalue weighted by molar-refractivity contribution is 0.222. The highest BCUT2D eigenvalue weighted by Crippen LogP contribution is 2.29. The van der Waals surface area contributed by atoms with Crippen molar-refractivity contribution in [2.75, 3.05) is 5.32 Å². The van der Waals surface area contributed by atoms with Gasteiger partial charge in [0.25, 0.3) is 0 Å². The van der Waals surface area contributed by atoms with Gasteiger partial charge in [-0.3, -0.25) is 0 Å². The van der Waals surface area contributed by atoms with E-state index < -0.39 is 18.1 Å². The van der Waals surface area contributed by atoms with Crippen LogP contribution in [0.3, 0.4) is 0 Å². The summed E-state index contributed by atoms with van der Waals surface area (Å²) >= 11 is 6.07. The van der Waals surface area contributed by atoms with Gasteiger partial charge >= 0.3 is 12.1 Å². The number of halogens is 1. The van der Waals surface area contributed by atoms with E-state index in [-0.39, 0.29) is 12.1 Å². The lowest BCUT2D eigenvalue weighted by Crippen LogP contribution is -2.48. The fourth-order valence-electron chi connectivity index (χ4n) is 4.53. The molecule has 0 saturated heterocycles. The van der Waals surface area contributed by atoms with E-state index in [2.05, 4.69) is 21.3 Å². The second-order valence-electron chi connectivity index (χ2n) is 8.84. The summed E-state index contributed by atoms with van der Waals surface area (Å²) in [5.74, 6) is 0.